The molecule has 0 amide bonds. The van der Waals surface area contributed by atoms with E-state index in [0.717, 1.165) is 59.3 Å². The summed E-state index contributed by atoms with van der Waals surface area (Å²) in [5.41, 5.74) is 8.21. The van der Waals surface area contributed by atoms with Crippen LogP contribution in [0.2, 0.25) is 0 Å². The minimum absolute atomic E-state index is 0. The molecular weight excluding hydrogens is 837 g/mol. The van der Waals surface area contributed by atoms with Gasteiger partial charge in [-0.05, 0) is 94.5 Å². The summed E-state index contributed by atoms with van der Waals surface area (Å²) in [5, 5.41) is 23.4. The fourth-order valence-electron chi connectivity index (χ4n) is 10.9. The second-order valence-electron chi connectivity index (χ2n) is 20.4. The quantitative estimate of drug-likeness (QED) is 0.0598. The van der Waals surface area contributed by atoms with Gasteiger partial charge in [0.1, 0.15) is 18.3 Å². The summed E-state index contributed by atoms with van der Waals surface area (Å²) >= 11 is 0. The van der Waals surface area contributed by atoms with E-state index in [1.807, 2.05) is 38.2 Å². The van der Waals surface area contributed by atoms with Crippen molar-refractivity contribution in [3.63, 3.8) is 0 Å². The zero-order chi connectivity index (χ0) is 47.3. The Morgan fingerprint density at radius 3 is 2.06 bits per heavy atom. The summed E-state index contributed by atoms with van der Waals surface area (Å²) in [6.45, 7) is 23.5. The van der Waals surface area contributed by atoms with Gasteiger partial charge in [0.05, 0.1) is 7.11 Å². The molecule has 2 fully saturated rings. The number of methoxy groups -OCH3 is 1. The van der Waals surface area contributed by atoms with Gasteiger partial charge in [0.15, 0.2) is 5.78 Å². The zero-order valence-corrected chi connectivity index (χ0v) is 43.6. The number of ether oxygens (including phenoxy) is 2. The number of hydrogen-bond acceptors (Lipinski definition) is 6. The van der Waals surface area contributed by atoms with Crippen LogP contribution < -0.4 is 20.5 Å². The van der Waals surface area contributed by atoms with Crippen LogP contribution in [0.5, 0.6) is 0 Å². The number of rotatable bonds is 20. The number of allylic oxidation sites excluding steroid dienone is 4. The van der Waals surface area contributed by atoms with E-state index in [1.54, 1.807) is 6.92 Å². The summed E-state index contributed by atoms with van der Waals surface area (Å²) in [4.78, 5) is 50.5. The third-order valence-corrected chi connectivity index (χ3v) is 15.0. The molecule has 10 nitrogen and oxygen atoms in total. The molecule has 2 aromatic heterocycles. The van der Waals surface area contributed by atoms with Crippen molar-refractivity contribution in [2.45, 2.75) is 159 Å². The van der Waals surface area contributed by atoms with E-state index in [9.17, 15) is 19.5 Å². The number of fused-ring (bicyclic) bond motifs is 8. The van der Waals surface area contributed by atoms with Gasteiger partial charge in [-0.2, -0.15) is 17.1 Å². The molecule has 11 heteroatoms. The van der Waals surface area contributed by atoms with Gasteiger partial charge in [-0.3, -0.25) is 14.4 Å². The van der Waals surface area contributed by atoms with Gasteiger partial charge in [-0.25, -0.2) is 0 Å². The van der Waals surface area contributed by atoms with Crippen molar-refractivity contribution in [3.05, 3.63) is 83.7 Å². The molecule has 2 saturated heterocycles. The summed E-state index contributed by atoms with van der Waals surface area (Å²) in [5.74, 6) is -0.112. The Morgan fingerprint density at radius 2 is 1.42 bits per heavy atom. The summed E-state index contributed by atoms with van der Waals surface area (Å²) in [6, 6.07) is -0.616. The van der Waals surface area contributed by atoms with Crippen LogP contribution in [-0.4, -0.2) is 65.6 Å². The standard InChI is InChI=1S/C55H77N4O6.Mg/c1-13-39-34(7)41-29-46-48(38(11)60)36(9)43(57-46)27-42-35(8)40(52(58-42)50-51(55(63)64-12)54(62)49-37(10)44(59-53(49)50)28-45(39)56-41)23-24-47(61)65-26-25-33(6)22-16-21-32(5)20-15-19-31(4)18-14-17-30(2)3;/h25,27-32,34-35,39-40,51-52H,13-24,26H2,1-12H3,(H2-,56,57,60,62);/q-3;+2/p-1/b33-25+,42-27-,45-28-;. The molecule has 66 heavy (non-hydrogen) atoms. The van der Waals surface area contributed by atoms with E-state index in [2.05, 4.69) is 55.4 Å². The second-order valence-corrected chi connectivity index (χ2v) is 20.4. The van der Waals surface area contributed by atoms with Crippen LogP contribution in [0.25, 0.3) is 40.2 Å². The molecule has 8 unspecified atom stereocenters. The molecule has 0 radical (unpaired) electrons. The van der Waals surface area contributed by atoms with E-state index in [-0.39, 0.29) is 77.3 Å². The Labute approximate surface area is 411 Å². The first-order valence-electron chi connectivity index (χ1n) is 24.7. The largest absolute Gasteiger partial charge is 2.00 e. The third kappa shape index (κ3) is 11.8. The van der Waals surface area contributed by atoms with E-state index in [4.69, 9.17) is 30.1 Å². The molecule has 5 heterocycles. The Kier molecular flexibility index (Phi) is 18.8. The van der Waals surface area contributed by atoms with Gasteiger partial charge in [0, 0.05) is 17.2 Å². The Balaban J connectivity index is 0.00000817. The van der Waals surface area contributed by atoms with Crippen molar-refractivity contribution in [1.82, 2.24) is 9.97 Å². The van der Waals surface area contributed by atoms with E-state index < -0.39 is 17.9 Å². The number of Topliss-reactive ketones (excluding diaryl/α,β-unsaturated/α-hetero) is 1. The first-order valence-corrected chi connectivity index (χ1v) is 24.7. The minimum Gasteiger partial charge on any atom is -0.681 e. The molecule has 0 saturated carbocycles. The maximum absolute atomic E-state index is 13.6. The number of carbonyl (C=O) groups is 3. The molecular formula is C55H76MgN4O6-2. The third-order valence-electron chi connectivity index (χ3n) is 15.0. The van der Waals surface area contributed by atoms with Crippen molar-refractivity contribution >= 4 is 70.3 Å². The van der Waals surface area contributed by atoms with Crippen LogP contribution in [0.3, 0.4) is 0 Å². The van der Waals surface area contributed by atoms with Gasteiger partial charge < -0.3 is 35.2 Å². The van der Waals surface area contributed by atoms with Crippen LogP contribution in [0.1, 0.15) is 178 Å². The first kappa shape index (κ1) is 53.0. The Bertz CT molecular complexity index is 2340. The van der Waals surface area contributed by atoms with Crippen molar-refractivity contribution in [1.29, 1.82) is 0 Å². The monoisotopic (exact) mass is 913 g/mol. The first-order chi connectivity index (χ1) is 30.9. The van der Waals surface area contributed by atoms with Crippen LogP contribution in [0.15, 0.2) is 28.7 Å². The number of esters is 2. The number of carbonyl (C=O) groups excluding carboxylic acids is 3. The molecule has 2 aromatic rings. The van der Waals surface area contributed by atoms with Crippen molar-refractivity contribution in [3.8, 4) is 0 Å². The molecule has 1 N–H and O–H groups in total. The maximum Gasteiger partial charge on any atom is 2.00 e. The minimum atomic E-state index is -1.10. The average Bonchev–Trinajstić information content (AvgIpc) is 4.00. The molecule has 0 spiro atoms. The van der Waals surface area contributed by atoms with E-state index >= 15 is 0 Å². The molecule has 1 aliphatic carbocycles. The van der Waals surface area contributed by atoms with Crippen molar-refractivity contribution < 1.29 is 29.0 Å². The van der Waals surface area contributed by atoms with Crippen molar-refractivity contribution in [2.24, 2.45) is 47.3 Å². The van der Waals surface area contributed by atoms with Gasteiger partial charge in [-0.15, -0.1) is 22.4 Å². The Hall–Kier alpha value is -3.96. The fourth-order valence-corrected chi connectivity index (χ4v) is 10.9. The van der Waals surface area contributed by atoms with E-state index in [0.29, 0.717) is 51.1 Å². The number of aromatic nitrogens is 2. The molecule has 3 aliphatic heterocycles. The Morgan fingerprint density at radius 1 is 0.803 bits per heavy atom. The smallest absolute Gasteiger partial charge is 0.681 e. The fraction of sp³-hybridized carbons (Fsp3) is 0.618. The normalized spacial score (nSPS) is 25.5. The number of hydrogen-bond donors (Lipinski definition) is 1. The molecule has 8 atom stereocenters. The van der Waals surface area contributed by atoms with Crippen LogP contribution >= 0.6 is 0 Å². The molecule has 356 valence electrons. The zero-order valence-electron chi connectivity index (χ0n) is 42.2. The predicted molar refractivity (Wildman–Crippen MR) is 268 cm³/mol. The average molecular weight is 914 g/mol. The van der Waals surface area contributed by atoms with Gasteiger partial charge >= 0.3 is 35.0 Å². The van der Waals surface area contributed by atoms with Crippen LogP contribution in [0.4, 0.5) is 0 Å². The maximum atomic E-state index is 13.6. The molecule has 6 rings (SSSR count). The SMILES string of the molecule is CCC1/C2=C/c3[n-]c4c(c3C)=C(O)C(C(=O)OC)C=4C3[N-]/C(=C\c4[n-]c(c(C(C)=O)c4C)/C=C(\[N-]2)C1C)C(C)C3CCC(=O)OC/C=C(\C)CCCC(C)CCCC(C)CCCC(C)C.[Mg+2]. The van der Waals surface area contributed by atoms with Gasteiger partial charge in [0.2, 0.25) is 0 Å². The van der Waals surface area contributed by atoms with Gasteiger partial charge in [0.25, 0.3) is 0 Å². The summed E-state index contributed by atoms with van der Waals surface area (Å²) < 4.78 is 11.1. The number of nitrogens with zero attached hydrogens (tertiary/aromatic N) is 4. The number of aliphatic hydroxyl groups is 1. The second kappa shape index (κ2) is 23.4. The molecule has 4 aliphatic rings. The summed E-state index contributed by atoms with van der Waals surface area (Å²) in [7, 11) is 1.32. The van der Waals surface area contributed by atoms with Crippen LogP contribution in [0, 0.1) is 61.2 Å². The predicted octanol–water partition coefficient (Wildman–Crippen LogP) is 11.2. The number of ketones is 1. The van der Waals surface area contributed by atoms with Gasteiger partial charge in [-0.1, -0.05) is 146 Å². The summed E-state index contributed by atoms with van der Waals surface area (Å²) in [6.07, 6.45) is 20.6. The number of aliphatic hydroxyl groups excluding tert-OH is 1. The molecule has 8 bridgehead atoms. The van der Waals surface area contributed by atoms with Crippen molar-refractivity contribution in [2.75, 3.05) is 13.7 Å². The molecule has 0 aromatic carbocycles. The van der Waals surface area contributed by atoms with Crippen LogP contribution in [-0.2, 0) is 19.1 Å². The van der Waals surface area contributed by atoms with E-state index in [1.165, 1.54) is 57.6 Å². The topological polar surface area (TPSA) is 146 Å².